The molecule has 0 spiro atoms. The topological polar surface area (TPSA) is 73.8 Å². The molecule has 0 radical (unpaired) electrons. The van der Waals surface area contributed by atoms with E-state index >= 15 is 0 Å². The van der Waals surface area contributed by atoms with Crippen molar-refractivity contribution in [2.45, 2.75) is 27.7 Å². The summed E-state index contributed by atoms with van der Waals surface area (Å²) in [7, 11) is 0. The molecule has 2 aromatic rings. The maximum Gasteiger partial charge on any atom is 0.283 e. The van der Waals surface area contributed by atoms with Gasteiger partial charge < -0.3 is 4.57 Å². The first kappa shape index (κ1) is 19.8. The number of carbonyl (C=O) groups excluding carboxylic acids is 1. The zero-order valence-electron chi connectivity index (χ0n) is 16.5. The summed E-state index contributed by atoms with van der Waals surface area (Å²) >= 11 is 4.82. The Hall–Kier alpha value is -2.45. The van der Waals surface area contributed by atoms with Crippen molar-refractivity contribution in [3.8, 4) is 5.69 Å². The average molecular weight is 470 g/mol. The van der Waals surface area contributed by atoms with Crippen LogP contribution in [-0.4, -0.2) is 31.5 Å². The minimum Gasteiger partial charge on any atom is -0.318 e. The predicted octanol–water partition coefficient (Wildman–Crippen LogP) is 5.13. The molecule has 0 saturated carbocycles. The zero-order valence-corrected chi connectivity index (χ0v) is 18.9. The number of carbonyl (C=O) groups is 1. The number of amides is 1. The van der Waals surface area contributed by atoms with Crippen LogP contribution in [0.25, 0.3) is 11.8 Å². The normalized spacial score (nSPS) is 17.9. The van der Waals surface area contributed by atoms with Crippen LogP contribution < -0.4 is 0 Å². The second-order valence-corrected chi connectivity index (χ2v) is 9.15. The number of hydrogen-bond acceptors (Lipinski definition) is 4. The first-order valence-electron chi connectivity index (χ1n) is 9.21. The van der Waals surface area contributed by atoms with Crippen LogP contribution in [0.2, 0.25) is 0 Å². The Morgan fingerprint density at radius 3 is 2.55 bits per heavy atom. The molecule has 3 heterocycles. The maximum atomic E-state index is 12.6. The first-order valence-corrected chi connectivity index (χ1v) is 10.8. The number of hydrogen-bond donors (Lipinski definition) is 1. The summed E-state index contributed by atoms with van der Waals surface area (Å²) in [5.74, 6) is -0.118. The molecule has 148 valence electrons. The number of aliphatic imine (C=N–C) groups is 1. The molecule has 6 nitrogen and oxygen atoms in total. The molecule has 1 amide bonds. The molecule has 0 fully saturated rings. The number of hydrazone groups is 1. The lowest BCUT2D eigenvalue weighted by Gasteiger charge is -2.20. The van der Waals surface area contributed by atoms with Crippen molar-refractivity contribution in [2.75, 3.05) is 0 Å². The highest BCUT2D eigenvalue weighted by Crippen LogP contribution is 2.31. The van der Waals surface area contributed by atoms with Gasteiger partial charge in [-0.05, 0) is 67.6 Å². The van der Waals surface area contributed by atoms with Gasteiger partial charge in [0.1, 0.15) is 5.04 Å². The Bertz CT molecular complexity index is 1120. The summed E-state index contributed by atoms with van der Waals surface area (Å²) in [4.78, 5) is 16.8. The van der Waals surface area contributed by atoms with Gasteiger partial charge in [0, 0.05) is 27.5 Å². The Morgan fingerprint density at radius 2 is 1.90 bits per heavy atom. The number of amidine groups is 2. The highest BCUT2D eigenvalue weighted by Gasteiger charge is 2.36. The Morgan fingerprint density at radius 1 is 1.21 bits per heavy atom. The third-order valence-corrected chi connectivity index (χ3v) is 6.56. The van der Waals surface area contributed by atoms with Crippen molar-refractivity contribution in [1.29, 1.82) is 5.41 Å². The Balaban J connectivity index is 1.74. The van der Waals surface area contributed by atoms with E-state index in [0.717, 1.165) is 32.2 Å². The third kappa shape index (κ3) is 3.51. The van der Waals surface area contributed by atoms with Crippen molar-refractivity contribution in [3.05, 3.63) is 57.3 Å². The van der Waals surface area contributed by atoms with Crippen LogP contribution in [0.3, 0.4) is 0 Å². The zero-order chi connectivity index (χ0) is 20.9. The fourth-order valence-corrected chi connectivity index (χ4v) is 4.47. The summed E-state index contributed by atoms with van der Waals surface area (Å²) in [5, 5.41) is 15.8. The summed E-state index contributed by atoms with van der Waals surface area (Å²) in [6.45, 7) is 8.10. The summed E-state index contributed by atoms with van der Waals surface area (Å²) in [5.41, 5.74) is 4.22. The van der Waals surface area contributed by atoms with Gasteiger partial charge in [0.25, 0.3) is 5.91 Å². The number of thioether (sulfide) groups is 1. The number of nitrogens with one attached hydrogen (secondary N) is 1. The second-order valence-electron chi connectivity index (χ2n) is 7.25. The average Bonchev–Trinajstić information content (AvgIpc) is 3.21. The minimum absolute atomic E-state index is 0.0663. The number of benzene rings is 1. The number of aromatic nitrogens is 1. The number of halogens is 1. The van der Waals surface area contributed by atoms with E-state index in [-0.39, 0.29) is 17.3 Å². The van der Waals surface area contributed by atoms with Crippen molar-refractivity contribution < 1.29 is 4.79 Å². The molecular formula is C21H20BrN5OS. The molecule has 0 atom stereocenters. The van der Waals surface area contributed by atoms with E-state index in [9.17, 15) is 4.79 Å². The number of aryl methyl sites for hydroxylation is 1. The van der Waals surface area contributed by atoms with Gasteiger partial charge in [-0.3, -0.25) is 10.2 Å². The maximum absolute atomic E-state index is 12.6. The number of rotatable bonds is 3. The van der Waals surface area contributed by atoms with Gasteiger partial charge >= 0.3 is 0 Å². The molecule has 0 saturated heterocycles. The van der Waals surface area contributed by atoms with E-state index in [4.69, 9.17) is 5.41 Å². The Labute approximate surface area is 182 Å². The highest BCUT2D eigenvalue weighted by atomic mass is 79.9. The van der Waals surface area contributed by atoms with E-state index in [1.54, 1.807) is 6.08 Å². The summed E-state index contributed by atoms with van der Waals surface area (Å²) < 4.78 is 3.15. The van der Waals surface area contributed by atoms with Crippen LogP contribution in [0.5, 0.6) is 0 Å². The van der Waals surface area contributed by atoms with Crippen molar-refractivity contribution in [2.24, 2.45) is 16.0 Å². The standard InChI is InChI=1S/C21H20BrN5OS/c1-11(2)20-25-27-18(23)17(19(28)24-21(27)29-20)10-14-9-12(3)26(13(14)4)16-7-5-15(22)6-8-16/h5-11,23H,1-4H3. The van der Waals surface area contributed by atoms with Crippen LogP contribution in [0.1, 0.15) is 30.8 Å². The molecule has 4 rings (SSSR count). The lowest BCUT2D eigenvalue weighted by Crippen LogP contribution is -2.35. The minimum atomic E-state index is -0.401. The van der Waals surface area contributed by atoms with Gasteiger partial charge in [-0.1, -0.05) is 29.8 Å². The molecule has 1 aromatic heterocycles. The molecule has 1 aromatic carbocycles. The summed E-state index contributed by atoms with van der Waals surface area (Å²) in [6.07, 6.45) is 1.75. The van der Waals surface area contributed by atoms with Crippen LogP contribution >= 0.6 is 27.7 Å². The van der Waals surface area contributed by atoms with E-state index < -0.39 is 5.91 Å². The number of nitrogens with zero attached hydrogens (tertiary/aromatic N) is 4. The van der Waals surface area contributed by atoms with Crippen molar-refractivity contribution >= 4 is 55.7 Å². The smallest absolute Gasteiger partial charge is 0.283 e. The highest BCUT2D eigenvalue weighted by molar-refractivity contribution is 9.10. The molecule has 29 heavy (non-hydrogen) atoms. The molecule has 2 aliphatic heterocycles. The van der Waals surface area contributed by atoms with Gasteiger partial charge in [0.05, 0.1) is 5.57 Å². The quantitative estimate of drug-likeness (QED) is 0.632. The molecule has 8 heteroatoms. The first-order chi connectivity index (χ1) is 13.8. The van der Waals surface area contributed by atoms with E-state index in [2.05, 4.69) is 30.6 Å². The van der Waals surface area contributed by atoms with Crippen LogP contribution in [0, 0.1) is 25.2 Å². The van der Waals surface area contributed by atoms with Crippen LogP contribution in [-0.2, 0) is 4.79 Å². The van der Waals surface area contributed by atoms with Gasteiger partial charge in [0.2, 0.25) is 5.17 Å². The van der Waals surface area contributed by atoms with Gasteiger partial charge in [-0.25, -0.2) is 0 Å². The van der Waals surface area contributed by atoms with E-state index in [0.29, 0.717) is 5.17 Å². The predicted molar refractivity (Wildman–Crippen MR) is 123 cm³/mol. The lowest BCUT2D eigenvalue weighted by molar-refractivity contribution is -0.114. The number of fused-ring (bicyclic) bond motifs is 1. The summed E-state index contributed by atoms with van der Waals surface area (Å²) in [6, 6.07) is 10.1. The van der Waals surface area contributed by atoms with Gasteiger partial charge in [-0.15, -0.1) is 0 Å². The van der Waals surface area contributed by atoms with Crippen LogP contribution in [0.15, 0.2) is 50.5 Å². The molecule has 0 unspecified atom stereocenters. The third-order valence-electron chi connectivity index (χ3n) is 4.82. The molecule has 1 N–H and O–H groups in total. The van der Waals surface area contributed by atoms with Crippen molar-refractivity contribution in [3.63, 3.8) is 0 Å². The largest absolute Gasteiger partial charge is 0.318 e. The van der Waals surface area contributed by atoms with Gasteiger partial charge in [-0.2, -0.15) is 15.1 Å². The molecule has 0 aliphatic carbocycles. The monoisotopic (exact) mass is 469 g/mol. The van der Waals surface area contributed by atoms with Crippen LogP contribution in [0.4, 0.5) is 0 Å². The molecule has 2 aliphatic rings. The lowest BCUT2D eigenvalue weighted by atomic mass is 10.1. The molecule has 0 bridgehead atoms. The van der Waals surface area contributed by atoms with E-state index in [1.807, 2.05) is 58.0 Å². The fraction of sp³-hybridized carbons (Fsp3) is 0.238. The van der Waals surface area contributed by atoms with E-state index in [1.165, 1.54) is 16.8 Å². The fourth-order valence-electron chi connectivity index (χ4n) is 3.32. The van der Waals surface area contributed by atoms with Crippen molar-refractivity contribution in [1.82, 2.24) is 9.58 Å². The second kappa shape index (κ2) is 7.42. The SMILES string of the molecule is Cc1cc(C=C2C(=N)N3N=C(C(C)C)SC3=NC2=O)c(C)n1-c1ccc(Br)cc1. The van der Waals surface area contributed by atoms with Gasteiger partial charge in [0.15, 0.2) is 5.84 Å². The Kier molecular flexibility index (Phi) is 5.08. The molecular weight excluding hydrogens is 450 g/mol.